The third-order valence-electron chi connectivity index (χ3n) is 5.48. The molecule has 10 heteroatoms. The summed E-state index contributed by atoms with van der Waals surface area (Å²) >= 11 is 0.865. The van der Waals surface area contributed by atoms with Crippen LogP contribution in [0.2, 0.25) is 0 Å². The molecule has 1 unspecified atom stereocenters. The van der Waals surface area contributed by atoms with Gasteiger partial charge >= 0.3 is 5.97 Å². The Bertz CT molecular complexity index is 1060. The number of carbonyl (C=O) groups excluding carboxylic acids is 4. The van der Waals surface area contributed by atoms with E-state index in [1.165, 1.54) is 6.92 Å². The van der Waals surface area contributed by atoms with E-state index in [2.05, 4.69) is 10.7 Å². The summed E-state index contributed by atoms with van der Waals surface area (Å²) in [5.41, 5.74) is 3.73. The Hall–Kier alpha value is -3.66. The first kappa shape index (κ1) is 29.6. The van der Waals surface area contributed by atoms with Gasteiger partial charge in [-0.1, -0.05) is 86.3 Å². The zero-order chi connectivity index (χ0) is 27.4. The minimum Gasteiger partial charge on any atom is -0.480 e. The third kappa shape index (κ3) is 9.72. The van der Waals surface area contributed by atoms with Crippen LogP contribution in [-0.4, -0.2) is 56.8 Å². The van der Waals surface area contributed by atoms with Crippen LogP contribution in [0.4, 0.5) is 0 Å². The highest BCUT2D eigenvalue weighted by molar-refractivity contribution is 8.14. The Morgan fingerprint density at radius 2 is 1.49 bits per heavy atom. The molecular formula is C27H33N3O6S. The van der Waals surface area contributed by atoms with Crippen molar-refractivity contribution < 1.29 is 29.1 Å². The van der Waals surface area contributed by atoms with Gasteiger partial charge in [-0.3, -0.25) is 24.6 Å². The van der Waals surface area contributed by atoms with Crippen LogP contribution in [0, 0.1) is 5.92 Å². The molecule has 0 radical (unpaired) electrons. The maximum absolute atomic E-state index is 13.6. The molecule has 2 aromatic rings. The standard InChI is InChI=1S/C27H33N3O6S/c1-18(2)14-22(29-25(33)24(37-19(3)32)16-21-12-8-5-9-13-21)26(34)30(28-17-31)23(27(35)36)15-20-10-6-4-7-11-20/h4-13,17-18,22-24H,14-16H2,1-3H3,(H,28,31)(H,29,33)(H,35,36)/t22-,23-,24?/m0/s1. The summed E-state index contributed by atoms with van der Waals surface area (Å²) in [5.74, 6) is -2.64. The number of rotatable bonds is 14. The van der Waals surface area contributed by atoms with Gasteiger partial charge < -0.3 is 10.4 Å². The number of benzene rings is 2. The van der Waals surface area contributed by atoms with Crippen LogP contribution in [0.15, 0.2) is 60.7 Å². The van der Waals surface area contributed by atoms with Crippen molar-refractivity contribution in [1.82, 2.24) is 15.8 Å². The molecule has 0 spiro atoms. The largest absolute Gasteiger partial charge is 0.480 e. The molecule has 198 valence electrons. The van der Waals surface area contributed by atoms with Crippen molar-refractivity contribution in [2.45, 2.75) is 57.4 Å². The van der Waals surface area contributed by atoms with Crippen LogP contribution >= 0.6 is 11.8 Å². The highest BCUT2D eigenvalue weighted by atomic mass is 32.2. The van der Waals surface area contributed by atoms with Crippen LogP contribution in [0.5, 0.6) is 0 Å². The lowest BCUT2D eigenvalue weighted by Gasteiger charge is -2.32. The summed E-state index contributed by atoms with van der Waals surface area (Å²) in [6.07, 6.45) is 0.641. The van der Waals surface area contributed by atoms with Crippen LogP contribution in [0.25, 0.3) is 0 Å². The monoisotopic (exact) mass is 527 g/mol. The molecule has 0 aliphatic rings. The summed E-state index contributed by atoms with van der Waals surface area (Å²) in [5, 5.41) is 12.3. The highest BCUT2D eigenvalue weighted by Gasteiger charge is 2.36. The van der Waals surface area contributed by atoms with Gasteiger partial charge in [0, 0.05) is 13.3 Å². The van der Waals surface area contributed by atoms with Crippen LogP contribution in [-0.2, 0) is 36.8 Å². The number of hydrogen-bond donors (Lipinski definition) is 3. The predicted octanol–water partition coefficient (Wildman–Crippen LogP) is 2.59. The molecule has 2 aromatic carbocycles. The second-order valence-corrected chi connectivity index (χ2v) is 10.4. The van der Waals surface area contributed by atoms with Crippen LogP contribution in [0.1, 0.15) is 38.3 Å². The van der Waals surface area contributed by atoms with Crippen molar-refractivity contribution in [2.75, 3.05) is 0 Å². The fourth-order valence-corrected chi connectivity index (χ4v) is 4.68. The number of carbonyl (C=O) groups is 5. The van der Waals surface area contributed by atoms with Crippen molar-refractivity contribution in [1.29, 1.82) is 0 Å². The molecule has 0 saturated carbocycles. The minimum atomic E-state index is -1.40. The van der Waals surface area contributed by atoms with E-state index in [4.69, 9.17) is 0 Å². The van der Waals surface area contributed by atoms with E-state index in [9.17, 15) is 29.1 Å². The Morgan fingerprint density at radius 1 is 0.946 bits per heavy atom. The number of hydrazine groups is 1. The predicted molar refractivity (Wildman–Crippen MR) is 141 cm³/mol. The maximum atomic E-state index is 13.6. The van der Waals surface area contributed by atoms with Gasteiger partial charge in [-0.15, -0.1) is 0 Å². The van der Waals surface area contributed by atoms with Crippen molar-refractivity contribution >= 4 is 41.1 Å². The minimum absolute atomic E-state index is 0.0437. The smallest absolute Gasteiger partial charge is 0.328 e. The molecule has 37 heavy (non-hydrogen) atoms. The molecule has 3 N–H and O–H groups in total. The topological polar surface area (TPSA) is 133 Å². The fourth-order valence-electron chi connectivity index (χ4n) is 3.83. The summed E-state index contributed by atoms with van der Waals surface area (Å²) < 4.78 is 0. The SMILES string of the molecule is CC(=O)SC(Cc1ccccc1)C(=O)N[C@@H](CC(C)C)C(=O)N(NC=O)[C@@H](Cc1ccccc1)C(=O)O. The van der Waals surface area contributed by atoms with Gasteiger partial charge in [0.1, 0.15) is 6.04 Å². The number of amides is 3. The molecule has 0 aromatic heterocycles. The number of nitrogens with one attached hydrogen (secondary N) is 2. The molecule has 0 bridgehead atoms. The van der Waals surface area contributed by atoms with Crippen molar-refractivity contribution in [2.24, 2.45) is 5.92 Å². The van der Waals surface area contributed by atoms with E-state index in [-0.39, 0.29) is 36.7 Å². The van der Waals surface area contributed by atoms with E-state index < -0.39 is 35.1 Å². The van der Waals surface area contributed by atoms with E-state index >= 15 is 0 Å². The van der Waals surface area contributed by atoms with Crippen LogP contribution < -0.4 is 10.7 Å². The summed E-state index contributed by atoms with van der Waals surface area (Å²) in [6, 6.07) is 15.4. The molecule has 0 heterocycles. The van der Waals surface area contributed by atoms with Gasteiger partial charge in [-0.2, -0.15) is 0 Å². The van der Waals surface area contributed by atoms with Crippen molar-refractivity contribution in [3.8, 4) is 0 Å². The molecule has 0 aliphatic heterocycles. The van der Waals surface area contributed by atoms with Gasteiger partial charge in [0.05, 0.1) is 5.25 Å². The number of hydrogen-bond acceptors (Lipinski definition) is 6. The lowest BCUT2D eigenvalue weighted by atomic mass is 10.0. The lowest BCUT2D eigenvalue weighted by molar-refractivity contribution is -0.156. The fraction of sp³-hybridized carbons (Fsp3) is 0.370. The van der Waals surface area contributed by atoms with E-state index in [0.717, 1.165) is 22.3 Å². The average molecular weight is 528 g/mol. The number of thioether (sulfide) groups is 1. The molecule has 9 nitrogen and oxygen atoms in total. The molecule has 3 atom stereocenters. The number of aliphatic carboxylic acids is 1. The molecule has 0 fully saturated rings. The van der Waals surface area contributed by atoms with Gasteiger partial charge in [-0.05, 0) is 29.9 Å². The first-order valence-electron chi connectivity index (χ1n) is 11.9. The summed E-state index contributed by atoms with van der Waals surface area (Å²) in [4.78, 5) is 62.3. The molecular weight excluding hydrogens is 494 g/mol. The second kappa shape index (κ2) is 14.8. The third-order valence-corrected chi connectivity index (χ3v) is 6.48. The maximum Gasteiger partial charge on any atom is 0.328 e. The zero-order valence-electron chi connectivity index (χ0n) is 21.1. The van der Waals surface area contributed by atoms with Crippen LogP contribution in [0.3, 0.4) is 0 Å². The molecule has 2 rings (SSSR count). The zero-order valence-corrected chi connectivity index (χ0v) is 21.9. The normalized spacial score (nSPS) is 13.2. The van der Waals surface area contributed by atoms with Gasteiger partial charge in [-0.25, -0.2) is 9.80 Å². The quantitative estimate of drug-likeness (QED) is 0.254. The van der Waals surface area contributed by atoms with E-state index in [1.807, 2.05) is 44.2 Å². The molecule has 3 amide bonds. The van der Waals surface area contributed by atoms with Gasteiger partial charge in [0.2, 0.25) is 12.3 Å². The van der Waals surface area contributed by atoms with Crippen molar-refractivity contribution in [3.63, 3.8) is 0 Å². The first-order valence-corrected chi connectivity index (χ1v) is 12.8. The summed E-state index contributed by atoms with van der Waals surface area (Å²) in [6.45, 7) is 5.08. The Kier molecular flexibility index (Phi) is 11.8. The number of carboxylic acids is 1. The Labute approximate surface area is 221 Å². The number of carboxylic acid groups (broad SMARTS) is 1. The van der Waals surface area contributed by atoms with E-state index in [1.54, 1.807) is 30.3 Å². The van der Waals surface area contributed by atoms with E-state index in [0.29, 0.717) is 5.56 Å². The van der Waals surface area contributed by atoms with Crippen molar-refractivity contribution in [3.05, 3.63) is 71.8 Å². The van der Waals surface area contributed by atoms with Gasteiger partial charge in [0.25, 0.3) is 5.91 Å². The van der Waals surface area contributed by atoms with Gasteiger partial charge in [0.15, 0.2) is 11.2 Å². The summed E-state index contributed by atoms with van der Waals surface area (Å²) in [7, 11) is 0. The average Bonchev–Trinajstić information content (AvgIpc) is 2.85. The highest BCUT2D eigenvalue weighted by Crippen LogP contribution is 2.20. The first-order chi connectivity index (χ1) is 17.6. The Morgan fingerprint density at radius 3 is 1.95 bits per heavy atom. The number of nitrogens with zero attached hydrogens (tertiary/aromatic N) is 1. The molecule has 0 aliphatic carbocycles. The Balaban J connectivity index is 2.32. The molecule has 0 saturated heterocycles. The second-order valence-electron chi connectivity index (χ2n) is 8.98. The lowest BCUT2D eigenvalue weighted by Crippen LogP contribution is -2.60.